The highest BCUT2D eigenvalue weighted by molar-refractivity contribution is 5.38. The molecule has 258 valence electrons. The molecular weight excluding hydrogens is 577 g/mol. The predicted molar refractivity (Wildman–Crippen MR) is 167 cm³/mol. The third-order valence-corrected chi connectivity index (χ3v) is 16.3. The molecule has 0 radical (unpaired) electrons. The third-order valence-electron chi connectivity index (χ3n) is 16.3. The summed E-state index contributed by atoms with van der Waals surface area (Å²) in [4.78, 5) is 0. The van der Waals surface area contributed by atoms with Gasteiger partial charge in [-0.25, -0.2) is 4.39 Å². The molecule has 5 saturated carbocycles. The van der Waals surface area contributed by atoms with Gasteiger partial charge in [0, 0.05) is 22.3 Å². The standard InChI is InChI=1S/C36H60FNO7/c1-18-15-21(27(37)31(5,6)42)44-26-24(18)32(7)13-14-34-17-35(34)11-10-23(45-29-19(2)25(40)20(39)16-43-29)30(3,4)36(35,38)12-9-22(34)33(32,8)28(26)41/h18-29,39-42H,9-17,38H2,1-8H3/t18-,19?,20-,21-,22+,23+,24?,25-,26?,27-,28+,29?,32-,33-,34+,35+,36-/m1/s1. The first-order chi connectivity index (χ1) is 20.7. The van der Waals surface area contributed by atoms with E-state index in [2.05, 4.69) is 34.6 Å². The van der Waals surface area contributed by atoms with E-state index in [-0.39, 0.29) is 58.0 Å². The van der Waals surface area contributed by atoms with Crippen molar-refractivity contribution in [2.45, 2.75) is 167 Å². The summed E-state index contributed by atoms with van der Waals surface area (Å²) in [6.07, 6.45) is 1.33. The van der Waals surface area contributed by atoms with Crippen LogP contribution in [0.15, 0.2) is 0 Å². The number of ether oxygens (including phenoxy) is 3. The topological polar surface area (TPSA) is 135 Å². The molecule has 0 amide bonds. The first-order valence-electron chi connectivity index (χ1n) is 17.9. The fourth-order valence-electron chi connectivity index (χ4n) is 13.5. The van der Waals surface area contributed by atoms with E-state index in [4.69, 9.17) is 19.9 Å². The Kier molecular flexibility index (Phi) is 7.26. The SMILES string of the molecule is CC1C(O[C@H]2CC[C@]34C[C@]35CC[C@]3(C)C6C(O[C@@H]([C@@H](F)C(C)(C)O)C[C@H]6C)[C@H](O)[C@@]3(C)[C@@H]5CC[C@@]4(N)C2(C)C)OC[C@@H](O)[C@@H]1O. The maximum Gasteiger partial charge on any atom is 0.163 e. The van der Waals surface area contributed by atoms with Crippen LogP contribution in [0.2, 0.25) is 0 Å². The molecule has 2 saturated heterocycles. The van der Waals surface area contributed by atoms with Gasteiger partial charge in [-0.1, -0.05) is 41.5 Å². The van der Waals surface area contributed by atoms with Gasteiger partial charge in [0.15, 0.2) is 12.5 Å². The number of aliphatic hydroxyl groups is 4. The van der Waals surface area contributed by atoms with Gasteiger partial charge in [0.05, 0.1) is 42.7 Å². The lowest BCUT2D eigenvalue weighted by Crippen LogP contribution is -2.72. The maximum absolute atomic E-state index is 15.5. The Bertz CT molecular complexity index is 1200. The predicted octanol–water partition coefficient (Wildman–Crippen LogP) is 4.09. The molecule has 2 aliphatic heterocycles. The molecule has 2 spiro atoms. The van der Waals surface area contributed by atoms with E-state index in [0.29, 0.717) is 6.42 Å². The Morgan fingerprint density at radius 2 is 1.69 bits per heavy atom. The molecule has 5 aliphatic carbocycles. The molecule has 0 aromatic heterocycles. The van der Waals surface area contributed by atoms with Crippen molar-refractivity contribution >= 4 is 0 Å². The highest BCUT2D eigenvalue weighted by Crippen LogP contribution is 2.89. The summed E-state index contributed by atoms with van der Waals surface area (Å²) in [6, 6.07) is 0. The normalized spacial score (nSPS) is 59.2. The number of halogens is 1. The molecule has 4 unspecified atom stereocenters. The van der Waals surface area contributed by atoms with Crippen molar-refractivity contribution in [3.8, 4) is 0 Å². The van der Waals surface area contributed by atoms with Gasteiger partial charge in [-0.05, 0) is 99.2 Å². The van der Waals surface area contributed by atoms with E-state index in [1.165, 1.54) is 13.8 Å². The fraction of sp³-hybridized carbons (Fsp3) is 1.00. The summed E-state index contributed by atoms with van der Waals surface area (Å²) in [5.41, 5.74) is 4.85. The lowest BCUT2D eigenvalue weighted by molar-refractivity contribution is -0.289. The van der Waals surface area contributed by atoms with E-state index in [9.17, 15) is 20.4 Å². The summed E-state index contributed by atoms with van der Waals surface area (Å²) < 4.78 is 34.6. The van der Waals surface area contributed by atoms with E-state index in [1.54, 1.807) is 0 Å². The molecule has 9 heteroatoms. The Hall–Kier alpha value is -0.390. The van der Waals surface area contributed by atoms with E-state index < -0.39 is 59.5 Å². The molecule has 8 nitrogen and oxygen atoms in total. The van der Waals surface area contributed by atoms with Gasteiger partial charge >= 0.3 is 0 Å². The van der Waals surface area contributed by atoms with Crippen molar-refractivity contribution in [1.82, 2.24) is 0 Å². The number of rotatable bonds is 4. The molecule has 0 bridgehead atoms. The lowest BCUT2D eigenvalue weighted by Gasteiger charge is -2.67. The van der Waals surface area contributed by atoms with Gasteiger partial charge in [0.25, 0.3) is 0 Å². The molecule has 0 aromatic carbocycles. The molecule has 0 aromatic rings. The summed E-state index contributed by atoms with van der Waals surface area (Å²) in [7, 11) is 0. The zero-order chi connectivity index (χ0) is 32.9. The second-order valence-corrected chi connectivity index (χ2v) is 18.6. The Morgan fingerprint density at radius 3 is 2.36 bits per heavy atom. The average Bonchev–Trinajstić information content (AvgIpc) is 3.60. The van der Waals surface area contributed by atoms with Crippen LogP contribution in [-0.2, 0) is 14.2 Å². The molecule has 7 rings (SSSR count). The quantitative estimate of drug-likeness (QED) is 0.291. The minimum absolute atomic E-state index is 0.0399. The van der Waals surface area contributed by atoms with E-state index in [1.807, 2.05) is 6.92 Å². The molecule has 7 fully saturated rings. The molecule has 17 atom stereocenters. The van der Waals surface area contributed by atoms with Crippen LogP contribution in [0.5, 0.6) is 0 Å². The van der Waals surface area contributed by atoms with Crippen molar-refractivity contribution in [2.24, 2.45) is 56.5 Å². The van der Waals surface area contributed by atoms with Crippen molar-refractivity contribution in [2.75, 3.05) is 6.61 Å². The van der Waals surface area contributed by atoms with Crippen molar-refractivity contribution in [1.29, 1.82) is 0 Å². The number of nitrogens with two attached hydrogens (primary N) is 1. The lowest BCUT2D eigenvalue weighted by atomic mass is 9.39. The maximum atomic E-state index is 15.5. The second-order valence-electron chi connectivity index (χ2n) is 18.6. The molecular formula is C36H60FNO7. The van der Waals surface area contributed by atoms with Crippen LogP contribution in [0.1, 0.15) is 107 Å². The second kappa shape index (κ2) is 9.86. The van der Waals surface area contributed by atoms with Crippen LogP contribution < -0.4 is 5.73 Å². The zero-order valence-electron chi connectivity index (χ0n) is 28.8. The fourth-order valence-corrected chi connectivity index (χ4v) is 13.5. The smallest absolute Gasteiger partial charge is 0.163 e. The van der Waals surface area contributed by atoms with Crippen LogP contribution >= 0.6 is 0 Å². The van der Waals surface area contributed by atoms with Gasteiger partial charge in [-0.15, -0.1) is 0 Å². The minimum atomic E-state index is -1.52. The number of aliphatic hydroxyl groups excluding tert-OH is 3. The summed E-state index contributed by atoms with van der Waals surface area (Å²) >= 11 is 0. The number of hydrogen-bond donors (Lipinski definition) is 5. The van der Waals surface area contributed by atoms with Gasteiger partial charge in [-0.2, -0.15) is 0 Å². The summed E-state index contributed by atoms with van der Waals surface area (Å²) in [6.45, 7) is 16.3. The number of alkyl halides is 1. The van der Waals surface area contributed by atoms with Gasteiger partial charge in [0.2, 0.25) is 0 Å². The zero-order valence-corrected chi connectivity index (χ0v) is 28.8. The Labute approximate surface area is 268 Å². The minimum Gasteiger partial charge on any atom is -0.390 e. The molecule has 6 N–H and O–H groups in total. The number of fused-ring (bicyclic) bond motifs is 4. The van der Waals surface area contributed by atoms with Crippen LogP contribution in [0.3, 0.4) is 0 Å². The largest absolute Gasteiger partial charge is 0.390 e. The highest BCUT2D eigenvalue weighted by atomic mass is 19.1. The van der Waals surface area contributed by atoms with Crippen LogP contribution in [0.4, 0.5) is 4.39 Å². The van der Waals surface area contributed by atoms with E-state index >= 15 is 4.39 Å². The van der Waals surface area contributed by atoms with Gasteiger partial charge in [-0.3, -0.25) is 0 Å². The van der Waals surface area contributed by atoms with Crippen molar-refractivity contribution in [3.05, 3.63) is 0 Å². The molecule has 7 aliphatic rings. The Balaban J connectivity index is 1.17. The van der Waals surface area contributed by atoms with Crippen LogP contribution in [0.25, 0.3) is 0 Å². The average molecular weight is 638 g/mol. The third kappa shape index (κ3) is 3.87. The van der Waals surface area contributed by atoms with E-state index in [0.717, 1.165) is 44.9 Å². The summed E-state index contributed by atoms with van der Waals surface area (Å²) in [5.74, 6) is 0.246. The van der Waals surface area contributed by atoms with Gasteiger partial charge in [0.1, 0.15) is 6.10 Å². The van der Waals surface area contributed by atoms with Crippen molar-refractivity contribution in [3.63, 3.8) is 0 Å². The van der Waals surface area contributed by atoms with Crippen LogP contribution in [-0.4, -0.2) is 87.3 Å². The van der Waals surface area contributed by atoms with Crippen LogP contribution in [0, 0.1) is 50.7 Å². The monoisotopic (exact) mass is 637 g/mol. The molecule has 45 heavy (non-hydrogen) atoms. The summed E-state index contributed by atoms with van der Waals surface area (Å²) in [5, 5.41) is 43.5. The number of hydrogen-bond acceptors (Lipinski definition) is 8. The Morgan fingerprint density at radius 1 is 1.00 bits per heavy atom. The molecule has 2 heterocycles. The first kappa shape index (κ1) is 33.1. The highest BCUT2D eigenvalue weighted by Gasteiger charge is 2.87. The van der Waals surface area contributed by atoms with Gasteiger partial charge < -0.3 is 40.4 Å². The van der Waals surface area contributed by atoms with Crippen molar-refractivity contribution < 1.29 is 39.0 Å². The first-order valence-corrected chi connectivity index (χ1v) is 17.9.